The van der Waals surface area contributed by atoms with E-state index >= 15 is 0 Å². The predicted octanol–water partition coefficient (Wildman–Crippen LogP) is 1.72. The van der Waals surface area contributed by atoms with Gasteiger partial charge in [-0.3, -0.25) is 14.7 Å². The lowest BCUT2D eigenvalue weighted by Gasteiger charge is -2.04. The third kappa shape index (κ3) is 3.57. The maximum atomic E-state index is 11.8. The van der Waals surface area contributed by atoms with E-state index in [1.165, 1.54) is 10.6 Å². The number of anilines is 1. The van der Waals surface area contributed by atoms with E-state index in [4.69, 9.17) is 0 Å². The van der Waals surface area contributed by atoms with Gasteiger partial charge in [0.05, 0.1) is 0 Å². The highest BCUT2D eigenvalue weighted by atomic mass is 16.2. The molecule has 0 aromatic carbocycles. The van der Waals surface area contributed by atoms with Crippen molar-refractivity contribution in [3.8, 4) is 0 Å². The zero-order valence-corrected chi connectivity index (χ0v) is 11.6. The minimum atomic E-state index is -0.164. The molecule has 0 bridgehead atoms. The number of aromatic amines is 1. The highest BCUT2D eigenvalue weighted by molar-refractivity contribution is 5.89. The molecule has 2 aromatic heterocycles. The molecular weight excluding hydrogens is 256 g/mol. The van der Waals surface area contributed by atoms with Crippen LogP contribution in [0.25, 0.3) is 0 Å². The number of aryl methyl sites for hydroxylation is 1. The summed E-state index contributed by atoms with van der Waals surface area (Å²) in [4.78, 5) is 23.3. The van der Waals surface area contributed by atoms with Crippen LogP contribution in [-0.2, 0) is 11.3 Å². The third-order valence-corrected chi connectivity index (χ3v) is 2.97. The molecule has 0 aliphatic rings. The van der Waals surface area contributed by atoms with Crippen LogP contribution in [0.4, 0.5) is 5.82 Å². The molecule has 6 heteroatoms. The van der Waals surface area contributed by atoms with Gasteiger partial charge in [0, 0.05) is 37.0 Å². The van der Waals surface area contributed by atoms with Gasteiger partial charge in [-0.25, -0.2) is 0 Å². The lowest BCUT2D eigenvalue weighted by Crippen LogP contribution is -2.21. The Bertz CT molecular complexity index is 642. The van der Waals surface area contributed by atoms with Crippen LogP contribution < -0.4 is 10.9 Å². The first-order valence-corrected chi connectivity index (χ1v) is 6.57. The van der Waals surface area contributed by atoms with Crippen LogP contribution in [0.5, 0.6) is 0 Å². The molecule has 0 atom stereocenters. The Kier molecular flexibility index (Phi) is 4.34. The molecule has 2 aromatic rings. The topological polar surface area (TPSA) is 79.8 Å². The number of carbonyl (C=O) groups excluding carboxylic acids is 1. The van der Waals surface area contributed by atoms with Crippen molar-refractivity contribution >= 4 is 11.7 Å². The molecule has 0 unspecified atom stereocenters. The summed E-state index contributed by atoms with van der Waals surface area (Å²) in [5, 5.41) is 9.61. The fraction of sp³-hybridized carbons (Fsp3) is 0.357. The lowest BCUT2D eigenvalue weighted by atomic mass is 10.1. The van der Waals surface area contributed by atoms with Gasteiger partial charge >= 0.3 is 0 Å². The van der Waals surface area contributed by atoms with E-state index in [2.05, 4.69) is 15.5 Å². The molecule has 0 aliphatic carbocycles. The van der Waals surface area contributed by atoms with Gasteiger partial charge in [-0.2, -0.15) is 5.10 Å². The molecular formula is C14H18N4O2. The number of nitrogens with one attached hydrogen (secondary N) is 2. The van der Waals surface area contributed by atoms with Crippen molar-refractivity contribution in [2.45, 2.75) is 32.7 Å². The van der Waals surface area contributed by atoms with E-state index in [9.17, 15) is 9.59 Å². The monoisotopic (exact) mass is 274 g/mol. The van der Waals surface area contributed by atoms with Crippen molar-refractivity contribution in [3.63, 3.8) is 0 Å². The van der Waals surface area contributed by atoms with Gasteiger partial charge in [-0.1, -0.05) is 19.9 Å². The van der Waals surface area contributed by atoms with E-state index in [0.717, 1.165) is 5.69 Å². The molecule has 106 valence electrons. The highest BCUT2D eigenvalue weighted by Crippen LogP contribution is 2.14. The smallest absolute Gasteiger partial charge is 0.250 e. The fourth-order valence-corrected chi connectivity index (χ4v) is 1.77. The third-order valence-electron chi connectivity index (χ3n) is 2.97. The molecule has 20 heavy (non-hydrogen) atoms. The molecule has 0 radical (unpaired) electrons. The van der Waals surface area contributed by atoms with Gasteiger partial charge in [0.25, 0.3) is 5.56 Å². The highest BCUT2D eigenvalue weighted by Gasteiger charge is 2.08. The molecule has 0 spiro atoms. The maximum Gasteiger partial charge on any atom is 0.250 e. The number of rotatable bonds is 5. The summed E-state index contributed by atoms with van der Waals surface area (Å²) in [6, 6.07) is 6.73. The van der Waals surface area contributed by atoms with E-state index in [1.54, 1.807) is 18.3 Å². The maximum absolute atomic E-state index is 11.8. The van der Waals surface area contributed by atoms with Gasteiger partial charge < -0.3 is 9.88 Å². The number of hydrogen-bond acceptors (Lipinski definition) is 3. The van der Waals surface area contributed by atoms with Crippen molar-refractivity contribution in [1.82, 2.24) is 14.8 Å². The van der Waals surface area contributed by atoms with Crippen LogP contribution >= 0.6 is 0 Å². The van der Waals surface area contributed by atoms with Crippen LogP contribution in [0.15, 0.2) is 35.3 Å². The summed E-state index contributed by atoms with van der Waals surface area (Å²) in [7, 11) is 0. The number of pyridine rings is 1. The van der Waals surface area contributed by atoms with Crippen molar-refractivity contribution in [2.75, 3.05) is 5.32 Å². The van der Waals surface area contributed by atoms with Crippen molar-refractivity contribution in [1.29, 1.82) is 0 Å². The molecule has 2 rings (SSSR count). The number of aromatic nitrogens is 3. The van der Waals surface area contributed by atoms with E-state index in [0.29, 0.717) is 18.3 Å². The summed E-state index contributed by atoms with van der Waals surface area (Å²) in [6.07, 6.45) is 1.90. The zero-order valence-electron chi connectivity index (χ0n) is 11.6. The lowest BCUT2D eigenvalue weighted by molar-refractivity contribution is -0.116. The quantitative estimate of drug-likeness (QED) is 0.871. The Morgan fingerprint density at radius 2 is 2.25 bits per heavy atom. The molecule has 0 aliphatic heterocycles. The molecule has 6 nitrogen and oxygen atoms in total. The first kappa shape index (κ1) is 14.0. The first-order valence-electron chi connectivity index (χ1n) is 6.57. The number of carbonyl (C=O) groups is 1. The normalized spacial score (nSPS) is 10.8. The Morgan fingerprint density at radius 1 is 1.45 bits per heavy atom. The van der Waals surface area contributed by atoms with Crippen LogP contribution in [0.2, 0.25) is 0 Å². The Morgan fingerprint density at radius 3 is 2.90 bits per heavy atom. The van der Waals surface area contributed by atoms with Gasteiger partial charge in [-0.05, 0) is 12.0 Å². The van der Waals surface area contributed by atoms with Crippen molar-refractivity contribution < 1.29 is 4.79 Å². The summed E-state index contributed by atoms with van der Waals surface area (Å²) in [5.41, 5.74) is 0.863. The molecule has 0 fully saturated rings. The summed E-state index contributed by atoms with van der Waals surface area (Å²) in [6.45, 7) is 4.44. The van der Waals surface area contributed by atoms with Crippen LogP contribution in [0.3, 0.4) is 0 Å². The van der Waals surface area contributed by atoms with Gasteiger partial charge in [0.15, 0.2) is 5.82 Å². The van der Waals surface area contributed by atoms with E-state index in [1.807, 2.05) is 19.9 Å². The average molecular weight is 274 g/mol. The van der Waals surface area contributed by atoms with E-state index in [-0.39, 0.29) is 17.9 Å². The summed E-state index contributed by atoms with van der Waals surface area (Å²) < 4.78 is 1.50. The van der Waals surface area contributed by atoms with E-state index < -0.39 is 0 Å². The number of hydrogen-bond donors (Lipinski definition) is 2. The SMILES string of the molecule is CC(C)c1cc(NC(=O)CCn2ccccc2=O)n[nH]1. The van der Waals surface area contributed by atoms with Crippen LogP contribution in [0, 0.1) is 0 Å². The molecule has 0 saturated carbocycles. The van der Waals surface area contributed by atoms with Crippen LogP contribution in [0.1, 0.15) is 31.9 Å². The van der Waals surface area contributed by atoms with Gasteiger partial charge in [0.2, 0.25) is 5.91 Å². The summed E-state index contributed by atoms with van der Waals surface area (Å²) >= 11 is 0. The molecule has 0 saturated heterocycles. The Hall–Kier alpha value is -2.37. The standard InChI is InChI=1S/C14H18N4O2/c1-10(2)11-9-12(17-16-11)15-13(19)6-8-18-7-4-3-5-14(18)20/h3-5,7,9-10H,6,8H2,1-2H3,(H2,15,16,17,19). The molecule has 2 heterocycles. The predicted molar refractivity (Wildman–Crippen MR) is 76.6 cm³/mol. The van der Waals surface area contributed by atoms with Crippen molar-refractivity contribution in [3.05, 3.63) is 46.5 Å². The minimum absolute atomic E-state index is 0.109. The van der Waals surface area contributed by atoms with Crippen molar-refractivity contribution in [2.24, 2.45) is 0 Å². The fourth-order valence-electron chi connectivity index (χ4n) is 1.77. The largest absolute Gasteiger partial charge is 0.315 e. The molecule has 2 N–H and O–H groups in total. The number of nitrogens with zero attached hydrogens (tertiary/aromatic N) is 2. The Labute approximate surface area is 116 Å². The second-order valence-electron chi connectivity index (χ2n) is 4.89. The number of amides is 1. The minimum Gasteiger partial charge on any atom is -0.315 e. The molecule has 1 amide bonds. The average Bonchev–Trinajstić information content (AvgIpc) is 2.86. The van der Waals surface area contributed by atoms with Gasteiger partial charge in [-0.15, -0.1) is 0 Å². The number of H-pyrrole nitrogens is 1. The zero-order chi connectivity index (χ0) is 14.5. The van der Waals surface area contributed by atoms with Crippen LogP contribution in [-0.4, -0.2) is 20.7 Å². The first-order chi connectivity index (χ1) is 9.56. The second kappa shape index (κ2) is 6.18. The Balaban J connectivity index is 1.89. The second-order valence-corrected chi connectivity index (χ2v) is 4.89. The summed E-state index contributed by atoms with van der Waals surface area (Å²) in [5.74, 6) is 0.678. The van der Waals surface area contributed by atoms with Gasteiger partial charge in [0.1, 0.15) is 0 Å².